The van der Waals surface area contributed by atoms with E-state index in [9.17, 15) is 13.2 Å². The summed E-state index contributed by atoms with van der Waals surface area (Å²) < 4.78 is 42.7. The van der Waals surface area contributed by atoms with Crippen molar-refractivity contribution in [1.29, 1.82) is 0 Å². The molecule has 1 aromatic carbocycles. The minimum Gasteiger partial charge on any atom is -0.497 e. The third-order valence-corrected chi connectivity index (χ3v) is 1.95. The van der Waals surface area contributed by atoms with Gasteiger partial charge >= 0.3 is 6.18 Å². The fraction of sp³-hybridized carbons (Fsp3) is 0.364. The number of aliphatic imine (C=N–C) groups is 1. The van der Waals surface area contributed by atoms with E-state index < -0.39 is 11.9 Å². The zero-order chi connectivity index (χ0) is 12.2. The SMILES string of the molecule is CCN=C(c1ccc(OC)cc1)C(F)(F)F. The number of alkyl halides is 3. The Balaban J connectivity index is 3.08. The van der Waals surface area contributed by atoms with Crippen LogP contribution in [0.3, 0.4) is 0 Å². The van der Waals surface area contributed by atoms with E-state index in [-0.39, 0.29) is 12.1 Å². The number of hydrogen-bond acceptors (Lipinski definition) is 2. The highest BCUT2D eigenvalue weighted by atomic mass is 19.4. The molecule has 0 aromatic heterocycles. The van der Waals surface area contributed by atoms with Crippen molar-refractivity contribution in [3.05, 3.63) is 29.8 Å². The number of nitrogens with zero attached hydrogens (tertiary/aromatic N) is 1. The second kappa shape index (κ2) is 5.01. The number of benzene rings is 1. The Kier molecular flexibility index (Phi) is 3.93. The molecule has 0 amide bonds. The molecule has 0 heterocycles. The van der Waals surface area contributed by atoms with Gasteiger partial charge in [0.25, 0.3) is 0 Å². The molecule has 1 rings (SSSR count). The van der Waals surface area contributed by atoms with Crippen molar-refractivity contribution in [2.45, 2.75) is 13.1 Å². The van der Waals surface area contributed by atoms with Gasteiger partial charge in [0, 0.05) is 12.1 Å². The van der Waals surface area contributed by atoms with Crippen LogP contribution in [0, 0.1) is 0 Å². The zero-order valence-electron chi connectivity index (χ0n) is 9.01. The van der Waals surface area contributed by atoms with E-state index in [1.807, 2.05) is 0 Å². The van der Waals surface area contributed by atoms with Gasteiger partial charge in [0.05, 0.1) is 7.11 Å². The minimum atomic E-state index is -4.43. The molecule has 2 nitrogen and oxygen atoms in total. The van der Waals surface area contributed by atoms with Gasteiger partial charge < -0.3 is 4.74 Å². The van der Waals surface area contributed by atoms with Crippen molar-refractivity contribution in [3.8, 4) is 5.75 Å². The van der Waals surface area contributed by atoms with E-state index in [0.717, 1.165) is 0 Å². The highest BCUT2D eigenvalue weighted by molar-refractivity contribution is 6.04. The van der Waals surface area contributed by atoms with Gasteiger partial charge in [-0.3, -0.25) is 4.99 Å². The summed E-state index contributed by atoms with van der Waals surface area (Å²) in [5.41, 5.74) is -0.798. The van der Waals surface area contributed by atoms with Gasteiger partial charge in [-0.2, -0.15) is 13.2 Å². The Hall–Kier alpha value is -1.52. The monoisotopic (exact) mass is 231 g/mol. The zero-order valence-corrected chi connectivity index (χ0v) is 9.01. The molecule has 0 N–H and O–H groups in total. The first-order valence-corrected chi connectivity index (χ1v) is 4.75. The van der Waals surface area contributed by atoms with Crippen LogP contribution in [-0.4, -0.2) is 25.5 Å². The fourth-order valence-electron chi connectivity index (χ4n) is 1.25. The van der Waals surface area contributed by atoms with Gasteiger partial charge in [0.1, 0.15) is 11.5 Å². The summed E-state index contributed by atoms with van der Waals surface area (Å²) >= 11 is 0. The van der Waals surface area contributed by atoms with Crippen LogP contribution in [0.15, 0.2) is 29.3 Å². The lowest BCUT2D eigenvalue weighted by atomic mass is 10.1. The molecular formula is C11H12F3NO. The minimum absolute atomic E-state index is 0.0511. The predicted molar refractivity (Wildman–Crippen MR) is 56.1 cm³/mol. The molecule has 0 spiro atoms. The van der Waals surface area contributed by atoms with Crippen LogP contribution in [0.25, 0.3) is 0 Å². The normalized spacial score (nSPS) is 12.7. The van der Waals surface area contributed by atoms with Crippen LogP contribution in [-0.2, 0) is 0 Å². The summed E-state index contributed by atoms with van der Waals surface area (Å²) in [6, 6.07) is 5.65. The maximum absolute atomic E-state index is 12.6. The number of halogens is 3. The van der Waals surface area contributed by atoms with Crippen molar-refractivity contribution in [1.82, 2.24) is 0 Å². The lowest BCUT2D eigenvalue weighted by molar-refractivity contribution is -0.0582. The Morgan fingerprint density at radius 2 is 1.81 bits per heavy atom. The van der Waals surface area contributed by atoms with Gasteiger partial charge in [0.15, 0.2) is 0 Å². The molecule has 0 aliphatic carbocycles. The lowest BCUT2D eigenvalue weighted by Crippen LogP contribution is -2.24. The molecule has 0 saturated heterocycles. The summed E-state index contributed by atoms with van der Waals surface area (Å²) in [4.78, 5) is 3.47. The summed E-state index contributed by atoms with van der Waals surface area (Å²) in [6.45, 7) is 1.66. The number of rotatable bonds is 3. The molecule has 0 aliphatic rings. The smallest absolute Gasteiger partial charge is 0.433 e. The average Bonchev–Trinajstić information content (AvgIpc) is 2.25. The van der Waals surface area contributed by atoms with Crippen molar-refractivity contribution in [2.75, 3.05) is 13.7 Å². The van der Waals surface area contributed by atoms with E-state index in [2.05, 4.69) is 4.99 Å². The molecule has 0 bridgehead atoms. The topological polar surface area (TPSA) is 21.6 Å². The van der Waals surface area contributed by atoms with Crippen LogP contribution in [0.2, 0.25) is 0 Å². The molecule has 1 aromatic rings. The third kappa shape index (κ3) is 2.98. The Morgan fingerprint density at radius 1 is 1.25 bits per heavy atom. The number of ether oxygens (including phenoxy) is 1. The Bertz CT molecular complexity index is 368. The van der Waals surface area contributed by atoms with Crippen molar-refractivity contribution < 1.29 is 17.9 Å². The molecule has 0 radical (unpaired) electrons. The second-order valence-corrected chi connectivity index (χ2v) is 3.05. The van der Waals surface area contributed by atoms with Crippen molar-refractivity contribution >= 4 is 5.71 Å². The van der Waals surface area contributed by atoms with Gasteiger partial charge in [-0.25, -0.2) is 0 Å². The second-order valence-electron chi connectivity index (χ2n) is 3.05. The first-order valence-electron chi connectivity index (χ1n) is 4.75. The van der Waals surface area contributed by atoms with Crippen LogP contribution in [0.4, 0.5) is 13.2 Å². The van der Waals surface area contributed by atoms with E-state index in [1.54, 1.807) is 6.92 Å². The molecule has 0 saturated carbocycles. The van der Waals surface area contributed by atoms with Crippen molar-refractivity contribution in [2.24, 2.45) is 4.99 Å². The van der Waals surface area contributed by atoms with E-state index in [0.29, 0.717) is 5.75 Å². The van der Waals surface area contributed by atoms with Crippen LogP contribution >= 0.6 is 0 Å². The molecular weight excluding hydrogens is 219 g/mol. The van der Waals surface area contributed by atoms with Crippen LogP contribution in [0.5, 0.6) is 5.75 Å². The fourth-order valence-corrected chi connectivity index (χ4v) is 1.25. The summed E-state index contributed by atoms with van der Waals surface area (Å²) in [5.74, 6) is 0.516. The van der Waals surface area contributed by atoms with Gasteiger partial charge in [-0.05, 0) is 31.2 Å². The molecule has 16 heavy (non-hydrogen) atoms. The van der Waals surface area contributed by atoms with Crippen molar-refractivity contribution in [3.63, 3.8) is 0 Å². The van der Waals surface area contributed by atoms with Crippen LogP contribution in [0.1, 0.15) is 12.5 Å². The highest BCUT2D eigenvalue weighted by Crippen LogP contribution is 2.24. The van der Waals surface area contributed by atoms with Gasteiger partial charge in [-0.15, -0.1) is 0 Å². The molecule has 0 aliphatic heterocycles. The van der Waals surface area contributed by atoms with E-state index in [1.165, 1.54) is 31.4 Å². The molecule has 88 valence electrons. The molecule has 0 unspecified atom stereocenters. The maximum Gasteiger partial charge on any atom is 0.433 e. The predicted octanol–water partition coefficient (Wildman–Crippen LogP) is 3.07. The maximum atomic E-state index is 12.6. The quantitative estimate of drug-likeness (QED) is 0.732. The first kappa shape index (κ1) is 12.5. The Labute approximate surface area is 91.8 Å². The lowest BCUT2D eigenvalue weighted by Gasteiger charge is -2.10. The summed E-state index contributed by atoms with van der Waals surface area (Å²) in [5, 5.41) is 0. The first-order chi connectivity index (χ1) is 7.49. The van der Waals surface area contributed by atoms with Gasteiger partial charge in [-0.1, -0.05) is 0 Å². The highest BCUT2D eigenvalue weighted by Gasteiger charge is 2.36. The van der Waals surface area contributed by atoms with E-state index >= 15 is 0 Å². The molecule has 0 fully saturated rings. The van der Waals surface area contributed by atoms with Gasteiger partial charge in [0.2, 0.25) is 0 Å². The summed E-state index contributed by atoms with van der Waals surface area (Å²) in [7, 11) is 1.46. The third-order valence-electron chi connectivity index (χ3n) is 1.95. The standard InChI is InChI=1S/C11H12F3NO/c1-3-15-10(11(12,13)14)8-4-6-9(16-2)7-5-8/h4-7H,3H2,1-2H3. The van der Waals surface area contributed by atoms with E-state index in [4.69, 9.17) is 4.74 Å². The summed E-state index contributed by atoms with van der Waals surface area (Å²) in [6.07, 6.45) is -4.43. The largest absolute Gasteiger partial charge is 0.497 e. The number of methoxy groups -OCH3 is 1. The molecule has 0 atom stereocenters. The van der Waals surface area contributed by atoms with Crippen LogP contribution < -0.4 is 4.74 Å². The average molecular weight is 231 g/mol. The number of hydrogen-bond donors (Lipinski definition) is 0. The molecule has 5 heteroatoms. The Morgan fingerprint density at radius 3 is 2.19 bits per heavy atom.